The third kappa shape index (κ3) is 3.39. The molecule has 0 atom stereocenters. The molecule has 0 saturated carbocycles. The zero-order valence-corrected chi connectivity index (χ0v) is 12.1. The van der Waals surface area contributed by atoms with E-state index >= 15 is 0 Å². The Labute approximate surface area is 121 Å². The molecule has 0 aliphatic rings. The number of benzene rings is 1. The van der Waals surface area contributed by atoms with Crippen LogP contribution in [0.4, 0.5) is 5.69 Å². The number of carbonyl (C=O) groups excluding carboxylic acids is 1. The number of allylic oxidation sites excluding steroid dienone is 1. The summed E-state index contributed by atoms with van der Waals surface area (Å²) in [6.45, 7) is 0. The molecule has 0 aliphatic heterocycles. The Bertz CT molecular complexity index is 606. The Morgan fingerprint density at radius 3 is 2.75 bits per heavy atom. The van der Waals surface area contributed by atoms with E-state index in [0.29, 0.717) is 16.4 Å². The van der Waals surface area contributed by atoms with Crippen molar-refractivity contribution in [1.82, 2.24) is 0 Å². The number of ether oxygens (including phenoxy) is 2. The molecule has 1 N–H and O–H groups in total. The maximum absolute atomic E-state index is 11.8. The van der Waals surface area contributed by atoms with E-state index in [1.54, 1.807) is 38.6 Å². The van der Waals surface area contributed by atoms with Crippen molar-refractivity contribution in [1.29, 1.82) is 0 Å². The van der Waals surface area contributed by atoms with Crippen LogP contribution >= 0.6 is 11.3 Å². The van der Waals surface area contributed by atoms with Gasteiger partial charge >= 0.3 is 0 Å². The van der Waals surface area contributed by atoms with Crippen molar-refractivity contribution < 1.29 is 14.3 Å². The van der Waals surface area contributed by atoms with Crippen LogP contribution in [0.15, 0.2) is 48.0 Å². The fourth-order valence-electron chi connectivity index (χ4n) is 1.63. The number of hydrogen-bond acceptors (Lipinski definition) is 5. The van der Waals surface area contributed by atoms with Gasteiger partial charge in [-0.2, -0.15) is 0 Å². The lowest BCUT2D eigenvalue weighted by Crippen LogP contribution is -1.96. The van der Waals surface area contributed by atoms with E-state index in [4.69, 9.17) is 9.47 Å². The van der Waals surface area contributed by atoms with E-state index < -0.39 is 0 Å². The molecule has 104 valence electrons. The Kier molecular flexibility index (Phi) is 4.79. The fraction of sp³-hybridized carbons (Fsp3) is 0.133. The molecule has 0 saturated heterocycles. The van der Waals surface area contributed by atoms with Crippen molar-refractivity contribution in [3.05, 3.63) is 52.9 Å². The molecule has 2 aromatic rings. The van der Waals surface area contributed by atoms with E-state index in [0.717, 1.165) is 5.69 Å². The van der Waals surface area contributed by atoms with E-state index in [9.17, 15) is 4.79 Å². The summed E-state index contributed by atoms with van der Waals surface area (Å²) in [5.41, 5.74) is 0.738. The van der Waals surface area contributed by atoms with Gasteiger partial charge in [0.25, 0.3) is 0 Å². The number of hydrogen-bond donors (Lipinski definition) is 1. The summed E-state index contributed by atoms with van der Waals surface area (Å²) in [5.74, 6) is 1.36. The smallest absolute Gasteiger partial charge is 0.197 e. The summed E-state index contributed by atoms with van der Waals surface area (Å²) in [6, 6.07) is 9.06. The van der Waals surface area contributed by atoms with Crippen molar-refractivity contribution in [2.75, 3.05) is 19.5 Å². The van der Waals surface area contributed by atoms with Crippen LogP contribution in [0, 0.1) is 0 Å². The van der Waals surface area contributed by atoms with Gasteiger partial charge in [-0.25, -0.2) is 0 Å². The van der Waals surface area contributed by atoms with Gasteiger partial charge in [0.05, 0.1) is 24.8 Å². The first-order valence-electron chi connectivity index (χ1n) is 5.97. The van der Waals surface area contributed by atoms with Crippen LogP contribution in [-0.4, -0.2) is 20.0 Å². The van der Waals surface area contributed by atoms with Gasteiger partial charge in [-0.1, -0.05) is 6.07 Å². The molecule has 0 radical (unpaired) electrons. The zero-order valence-electron chi connectivity index (χ0n) is 11.3. The molecule has 0 aliphatic carbocycles. The quantitative estimate of drug-likeness (QED) is 0.652. The second-order valence-electron chi connectivity index (χ2n) is 3.89. The second-order valence-corrected chi connectivity index (χ2v) is 4.83. The van der Waals surface area contributed by atoms with Crippen LogP contribution in [0.5, 0.6) is 11.5 Å². The molecule has 0 bridgehead atoms. The molecule has 1 aromatic heterocycles. The van der Waals surface area contributed by atoms with Gasteiger partial charge in [0.2, 0.25) is 0 Å². The van der Waals surface area contributed by atoms with Crippen molar-refractivity contribution in [3.8, 4) is 11.5 Å². The van der Waals surface area contributed by atoms with E-state index in [2.05, 4.69) is 5.32 Å². The Morgan fingerprint density at radius 1 is 1.25 bits per heavy atom. The first kappa shape index (κ1) is 14.1. The lowest BCUT2D eigenvalue weighted by molar-refractivity contribution is 0.105. The standard InChI is InChI=1S/C15H15NO3S/c1-18-11-5-6-14(19-2)12(10-11)16-8-7-13(17)15-4-3-9-20-15/h3-10,16H,1-2H3/b8-7+. The number of methoxy groups -OCH3 is 2. The van der Waals surface area contributed by atoms with Gasteiger partial charge < -0.3 is 14.8 Å². The van der Waals surface area contributed by atoms with E-state index in [1.165, 1.54) is 17.4 Å². The number of rotatable bonds is 6. The second kappa shape index (κ2) is 6.77. The van der Waals surface area contributed by atoms with Crippen molar-refractivity contribution in [2.24, 2.45) is 0 Å². The van der Waals surface area contributed by atoms with Gasteiger partial charge in [-0.05, 0) is 23.6 Å². The lowest BCUT2D eigenvalue weighted by Gasteiger charge is -2.09. The largest absolute Gasteiger partial charge is 0.497 e. The van der Waals surface area contributed by atoms with Crippen LogP contribution in [-0.2, 0) is 0 Å². The number of thiophene rings is 1. The predicted molar refractivity (Wildman–Crippen MR) is 81.0 cm³/mol. The molecule has 1 aromatic carbocycles. The highest BCUT2D eigenvalue weighted by molar-refractivity contribution is 7.12. The van der Waals surface area contributed by atoms with Gasteiger partial charge in [-0.3, -0.25) is 4.79 Å². The molecule has 0 amide bonds. The molecule has 0 unspecified atom stereocenters. The maximum Gasteiger partial charge on any atom is 0.197 e. The van der Waals surface area contributed by atoms with Crippen LogP contribution in [0.25, 0.3) is 0 Å². The molecule has 2 rings (SSSR count). The highest BCUT2D eigenvalue weighted by Gasteiger charge is 2.04. The third-order valence-electron chi connectivity index (χ3n) is 2.64. The minimum atomic E-state index is -0.0330. The fourth-order valence-corrected chi connectivity index (χ4v) is 2.28. The predicted octanol–water partition coefficient (Wildman–Crippen LogP) is 3.57. The minimum absolute atomic E-state index is 0.0330. The topological polar surface area (TPSA) is 47.6 Å². The van der Waals surface area contributed by atoms with Crippen LogP contribution in [0.3, 0.4) is 0 Å². The minimum Gasteiger partial charge on any atom is -0.497 e. The highest BCUT2D eigenvalue weighted by Crippen LogP contribution is 2.28. The summed E-state index contributed by atoms with van der Waals surface area (Å²) in [7, 11) is 3.19. The summed E-state index contributed by atoms with van der Waals surface area (Å²) in [6.07, 6.45) is 3.09. The normalized spacial score (nSPS) is 10.5. The number of carbonyl (C=O) groups is 1. The third-order valence-corrected chi connectivity index (χ3v) is 3.53. The number of anilines is 1. The number of ketones is 1. The van der Waals surface area contributed by atoms with Gasteiger partial charge in [0.15, 0.2) is 5.78 Å². The van der Waals surface area contributed by atoms with Gasteiger partial charge in [0.1, 0.15) is 11.5 Å². The average Bonchev–Trinajstić information content (AvgIpc) is 3.01. The van der Waals surface area contributed by atoms with Crippen LogP contribution in [0.2, 0.25) is 0 Å². The summed E-state index contributed by atoms with van der Waals surface area (Å²) >= 11 is 1.42. The van der Waals surface area contributed by atoms with Crippen molar-refractivity contribution >= 4 is 22.8 Å². The molecule has 0 spiro atoms. The molecule has 20 heavy (non-hydrogen) atoms. The van der Waals surface area contributed by atoms with E-state index in [-0.39, 0.29) is 5.78 Å². The summed E-state index contributed by atoms with van der Waals surface area (Å²) in [5, 5.41) is 4.90. The monoisotopic (exact) mass is 289 g/mol. The molecule has 1 heterocycles. The molecule has 4 nitrogen and oxygen atoms in total. The average molecular weight is 289 g/mol. The number of nitrogens with one attached hydrogen (secondary N) is 1. The SMILES string of the molecule is COc1ccc(OC)c(N/C=C/C(=O)c2cccs2)c1. The Hall–Kier alpha value is -2.27. The first-order valence-corrected chi connectivity index (χ1v) is 6.85. The summed E-state index contributed by atoms with van der Waals surface area (Å²) < 4.78 is 10.4. The molecule has 5 heteroatoms. The zero-order chi connectivity index (χ0) is 14.4. The van der Waals surface area contributed by atoms with Crippen LogP contribution in [0.1, 0.15) is 9.67 Å². The van der Waals surface area contributed by atoms with E-state index in [1.807, 2.05) is 17.5 Å². The van der Waals surface area contributed by atoms with Gasteiger partial charge in [-0.15, -0.1) is 11.3 Å². The van der Waals surface area contributed by atoms with Crippen molar-refractivity contribution in [2.45, 2.75) is 0 Å². The molecule has 0 fully saturated rings. The molecular weight excluding hydrogens is 274 g/mol. The van der Waals surface area contributed by atoms with Crippen molar-refractivity contribution in [3.63, 3.8) is 0 Å². The summed E-state index contributed by atoms with van der Waals surface area (Å²) in [4.78, 5) is 12.5. The molecular formula is C15H15NO3S. The first-order chi connectivity index (χ1) is 9.74. The maximum atomic E-state index is 11.8. The van der Waals surface area contributed by atoms with Crippen LogP contribution < -0.4 is 14.8 Å². The lowest BCUT2D eigenvalue weighted by atomic mass is 10.2. The Morgan fingerprint density at radius 2 is 2.10 bits per heavy atom. The Balaban J connectivity index is 2.08. The van der Waals surface area contributed by atoms with Gasteiger partial charge in [0, 0.05) is 18.3 Å². The highest BCUT2D eigenvalue weighted by atomic mass is 32.1.